The van der Waals surface area contributed by atoms with Crippen molar-refractivity contribution in [3.8, 4) is 11.6 Å². The fourth-order valence-electron chi connectivity index (χ4n) is 5.91. The molecular weight excluding hydrogens is 601 g/mol. The van der Waals surface area contributed by atoms with Gasteiger partial charge in [0.2, 0.25) is 5.88 Å². The van der Waals surface area contributed by atoms with E-state index < -0.39 is 18.6 Å². The highest BCUT2D eigenvalue weighted by molar-refractivity contribution is 6.09. The van der Waals surface area contributed by atoms with Crippen LogP contribution in [0.4, 0.5) is 24.7 Å². The Labute approximate surface area is 266 Å². The molecule has 1 atom stereocenters. The minimum atomic E-state index is -4.62. The molecule has 3 heterocycles. The summed E-state index contributed by atoms with van der Waals surface area (Å²) in [6.45, 7) is 2.28. The molecule has 9 nitrogen and oxygen atoms in total. The van der Waals surface area contributed by atoms with Gasteiger partial charge >= 0.3 is 12.1 Å². The highest BCUT2D eigenvalue weighted by Gasteiger charge is 2.37. The number of piperidine rings is 1. The molecule has 1 saturated carbocycles. The van der Waals surface area contributed by atoms with Gasteiger partial charge in [-0.3, -0.25) is 14.5 Å². The van der Waals surface area contributed by atoms with E-state index >= 15 is 0 Å². The van der Waals surface area contributed by atoms with Crippen LogP contribution in [0, 0.1) is 11.8 Å². The molecule has 1 aliphatic heterocycles. The molecule has 0 N–H and O–H groups in total. The number of rotatable bonds is 13. The van der Waals surface area contributed by atoms with E-state index in [4.69, 9.17) is 14.2 Å². The number of anilines is 2. The largest absolute Gasteiger partial charge is 0.497 e. The molecule has 2 aromatic heterocycles. The number of esters is 1. The number of pyridine rings is 2. The lowest BCUT2D eigenvalue weighted by molar-refractivity contribution is -0.143. The normalized spacial score (nSPS) is 16.1. The van der Waals surface area contributed by atoms with Gasteiger partial charge in [-0.05, 0) is 86.3 Å². The molecule has 1 amide bonds. The summed E-state index contributed by atoms with van der Waals surface area (Å²) in [5.41, 5.74) is 1.67. The molecular formula is C34H39F3N4O5. The Morgan fingerprint density at radius 1 is 1.02 bits per heavy atom. The fourth-order valence-corrected chi connectivity index (χ4v) is 5.91. The fraction of sp³-hybridized carbons (Fsp3) is 0.471. The van der Waals surface area contributed by atoms with E-state index in [1.807, 2.05) is 17.0 Å². The third-order valence-electron chi connectivity index (χ3n) is 8.44. The van der Waals surface area contributed by atoms with Gasteiger partial charge in [-0.1, -0.05) is 6.07 Å². The molecule has 2 fully saturated rings. The summed E-state index contributed by atoms with van der Waals surface area (Å²) in [5, 5.41) is 0. The van der Waals surface area contributed by atoms with Crippen LogP contribution in [0.15, 0.2) is 60.9 Å². The van der Waals surface area contributed by atoms with Crippen LogP contribution in [-0.2, 0) is 9.53 Å². The topological polar surface area (TPSA) is 94.1 Å². The van der Waals surface area contributed by atoms with Crippen molar-refractivity contribution in [3.63, 3.8) is 0 Å². The number of halogens is 3. The van der Waals surface area contributed by atoms with Gasteiger partial charge in [-0.25, -0.2) is 9.97 Å². The number of amides is 1. The summed E-state index contributed by atoms with van der Waals surface area (Å²) in [4.78, 5) is 37.0. The second kappa shape index (κ2) is 14.8. The van der Waals surface area contributed by atoms with Gasteiger partial charge in [-0.15, -0.1) is 0 Å². The Bertz CT molecular complexity index is 1480. The van der Waals surface area contributed by atoms with Crippen molar-refractivity contribution in [2.75, 3.05) is 49.8 Å². The molecule has 0 radical (unpaired) electrons. The van der Waals surface area contributed by atoms with Gasteiger partial charge in [0, 0.05) is 37.6 Å². The maximum absolute atomic E-state index is 13.7. The Balaban J connectivity index is 1.25. The Morgan fingerprint density at radius 2 is 1.80 bits per heavy atom. The van der Waals surface area contributed by atoms with Crippen molar-refractivity contribution < 1.29 is 37.0 Å². The van der Waals surface area contributed by atoms with Crippen molar-refractivity contribution in [1.82, 2.24) is 9.97 Å². The van der Waals surface area contributed by atoms with E-state index in [-0.39, 0.29) is 29.2 Å². The van der Waals surface area contributed by atoms with Gasteiger partial charge < -0.3 is 19.1 Å². The molecule has 12 heteroatoms. The second-order valence-corrected chi connectivity index (χ2v) is 11.7. The first kappa shape index (κ1) is 33.0. The van der Waals surface area contributed by atoms with Crippen molar-refractivity contribution in [2.45, 2.75) is 51.1 Å². The summed E-state index contributed by atoms with van der Waals surface area (Å²) >= 11 is 0. The van der Waals surface area contributed by atoms with Gasteiger partial charge in [-0.2, -0.15) is 13.2 Å². The second-order valence-electron chi connectivity index (χ2n) is 11.7. The van der Waals surface area contributed by atoms with E-state index in [0.717, 1.165) is 31.2 Å². The van der Waals surface area contributed by atoms with Crippen molar-refractivity contribution in [1.29, 1.82) is 0 Å². The summed E-state index contributed by atoms with van der Waals surface area (Å²) in [6.07, 6.45) is 2.44. The number of alkyl halides is 3. The molecule has 5 rings (SSSR count). The van der Waals surface area contributed by atoms with Gasteiger partial charge in [0.1, 0.15) is 18.1 Å². The average molecular weight is 641 g/mol. The maximum Gasteiger partial charge on any atom is 0.406 e. The number of carbonyl (C=O) groups excluding carboxylic acids is 2. The average Bonchev–Trinajstić information content (AvgIpc) is 3.91. The van der Waals surface area contributed by atoms with Crippen LogP contribution in [0.25, 0.3) is 0 Å². The molecule has 246 valence electrons. The summed E-state index contributed by atoms with van der Waals surface area (Å²) in [7, 11) is 1.50. The van der Waals surface area contributed by atoms with Crippen LogP contribution in [0.3, 0.4) is 0 Å². The molecule has 1 saturated heterocycles. The van der Waals surface area contributed by atoms with E-state index in [1.165, 1.54) is 25.4 Å². The number of benzene rings is 1. The predicted molar refractivity (Wildman–Crippen MR) is 166 cm³/mol. The highest BCUT2D eigenvalue weighted by atomic mass is 19.4. The maximum atomic E-state index is 13.7. The minimum absolute atomic E-state index is 0.0792. The van der Waals surface area contributed by atoms with Crippen molar-refractivity contribution in [3.05, 3.63) is 72.1 Å². The van der Waals surface area contributed by atoms with Crippen LogP contribution >= 0.6 is 0 Å². The molecule has 2 aliphatic rings. The molecule has 46 heavy (non-hydrogen) atoms. The van der Waals surface area contributed by atoms with Crippen LogP contribution in [-0.4, -0.2) is 68.0 Å². The standard InChI is InChI=1S/C34H39F3N4O5/c1-3-45-32(42)20-28(24-7-8-24)25-11-15-39-31(18-25)46-21-23-12-16-40(17-13-23)29-19-26(44-2)9-10-27(29)33(43)41(22-34(35,36)37)30-6-4-5-14-38-30/h4-6,9-11,14-15,18-19,23-24,28H,3,7-8,12-13,16-17,20-22H2,1-2H3. The van der Waals surface area contributed by atoms with E-state index in [1.54, 1.807) is 37.4 Å². The number of carbonyl (C=O) groups is 2. The molecule has 0 spiro atoms. The van der Waals surface area contributed by atoms with Crippen molar-refractivity contribution >= 4 is 23.4 Å². The zero-order valence-corrected chi connectivity index (χ0v) is 26.0. The summed E-state index contributed by atoms with van der Waals surface area (Å²) < 4.78 is 57.4. The number of nitrogens with zero attached hydrogens (tertiary/aromatic N) is 4. The smallest absolute Gasteiger partial charge is 0.406 e. The minimum Gasteiger partial charge on any atom is -0.497 e. The van der Waals surface area contributed by atoms with E-state index in [9.17, 15) is 22.8 Å². The lowest BCUT2D eigenvalue weighted by Gasteiger charge is -2.35. The first-order valence-corrected chi connectivity index (χ1v) is 15.6. The third-order valence-corrected chi connectivity index (χ3v) is 8.44. The lowest BCUT2D eigenvalue weighted by atomic mass is 9.92. The van der Waals surface area contributed by atoms with Crippen LogP contribution < -0.4 is 19.3 Å². The van der Waals surface area contributed by atoms with E-state index in [0.29, 0.717) is 60.9 Å². The molecule has 1 unspecified atom stereocenters. The molecule has 3 aromatic rings. The Kier molecular flexibility index (Phi) is 10.6. The first-order chi connectivity index (χ1) is 22.1. The highest BCUT2D eigenvalue weighted by Crippen LogP contribution is 2.45. The van der Waals surface area contributed by atoms with Gasteiger partial charge in [0.05, 0.1) is 38.0 Å². The summed E-state index contributed by atoms with van der Waals surface area (Å²) in [5.74, 6) is 0.683. The zero-order chi connectivity index (χ0) is 32.7. The number of ether oxygens (including phenoxy) is 3. The van der Waals surface area contributed by atoms with Gasteiger partial charge in [0.15, 0.2) is 0 Å². The van der Waals surface area contributed by atoms with Crippen LogP contribution in [0.1, 0.15) is 60.9 Å². The first-order valence-electron chi connectivity index (χ1n) is 15.6. The lowest BCUT2D eigenvalue weighted by Crippen LogP contribution is -2.41. The van der Waals surface area contributed by atoms with Crippen LogP contribution in [0.5, 0.6) is 11.6 Å². The Morgan fingerprint density at radius 3 is 2.46 bits per heavy atom. The SMILES string of the molecule is CCOC(=O)CC(c1ccnc(OCC2CCN(c3cc(OC)ccc3C(=O)N(CC(F)(F)F)c3ccccn3)CC2)c1)C1CC1. The zero-order valence-electron chi connectivity index (χ0n) is 26.0. The van der Waals surface area contributed by atoms with E-state index in [2.05, 4.69) is 9.97 Å². The Hall–Kier alpha value is -4.35. The van der Waals surface area contributed by atoms with Gasteiger partial charge in [0.25, 0.3) is 5.91 Å². The number of aromatic nitrogens is 2. The van der Waals surface area contributed by atoms with Crippen molar-refractivity contribution in [2.24, 2.45) is 11.8 Å². The number of hydrogen-bond acceptors (Lipinski definition) is 8. The van der Waals surface area contributed by atoms with Crippen LogP contribution in [0.2, 0.25) is 0 Å². The molecule has 1 aliphatic carbocycles. The molecule has 1 aromatic carbocycles. The predicted octanol–water partition coefficient (Wildman–Crippen LogP) is 6.44. The monoisotopic (exact) mass is 640 g/mol. The number of hydrogen-bond donors (Lipinski definition) is 0. The summed E-state index contributed by atoms with van der Waals surface area (Å²) in [6, 6.07) is 13.1. The number of methoxy groups -OCH3 is 1. The molecule has 0 bridgehead atoms. The quantitative estimate of drug-likeness (QED) is 0.197. The third kappa shape index (κ3) is 8.67.